The molecule has 7 heteroatoms. The van der Waals surface area contributed by atoms with Gasteiger partial charge in [0, 0.05) is 18.0 Å². The molecule has 0 aliphatic carbocycles. The van der Waals surface area contributed by atoms with E-state index in [2.05, 4.69) is 25.9 Å². The summed E-state index contributed by atoms with van der Waals surface area (Å²) in [5, 5.41) is 16.4. The number of furan rings is 1. The number of hydrogen-bond donors (Lipinski definition) is 2. The molecule has 0 saturated heterocycles. The third-order valence-corrected chi connectivity index (χ3v) is 2.62. The molecular weight excluding hydrogens is 234 g/mol. The third kappa shape index (κ3) is 2.55. The van der Waals surface area contributed by atoms with Crippen molar-refractivity contribution in [2.75, 3.05) is 6.54 Å². The summed E-state index contributed by atoms with van der Waals surface area (Å²) in [5.74, 6) is 1.42. The highest BCUT2D eigenvalue weighted by Gasteiger charge is 2.16. The molecule has 0 aliphatic heterocycles. The standard InChI is InChI=1S/C11H15N5O2/c1-6-4-8(3)18-9(6)11(17)12-5-7(2)10-13-15-16-14-10/h4,7H,5H2,1-3H3,(H,12,17)(H,13,14,15,16). The molecule has 0 radical (unpaired) electrons. The number of hydrogen-bond acceptors (Lipinski definition) is 5. The second-order valence-electron chi connectivity index (χ2n) is 4.25. The van der Waals surface area contributed by atoms with E-state index in [1.165, 1.54) is 0 Å². The van der Waals surface area contributed by atoms with Crippen LogP contribution >= 0.6 is 0 Å². The van der Waals surface area contributed by atoms with Crippen molar-refractivity contribution in [1.29, 1.82) is 0 Å². The summed E-state index contributed by atoms with van der Waals surface area (Å²) < 4.78 is 5.34. The molecular formula is C11H15N5O2. The first-order chi connectivity index (χ1) is 8.58. The van der Waals surface area contributed by atoms with E-state index in [4.69, 9.17) is 4.42 Å². The summed E-state index contributed by atoms with van der Waals surface area (Å²) in [6.45, 7) is 5.99. The van der Waals surface area contributed by atoms with Crippen LogP contribution in [0.3, 0.4) is 0 Å². The van der Waals surface area contributed by atoms with Crippen LogP contribution in [0.1, 0.15) is 40.5 Å². The molecule has 2 aromatic rings. The predicted molar refractivity (Wildman–Crippen MR) is 63.1 cm³/mol. The number of rotatable bonds is 4. The summed E-state index contributed by atoms with van der Waals surface area (Å²) in [4.78, 5) is 11.9. The summed E-state index contributed by atoms with van der Waals surface area (Å²) in [5.41, 5.74) is 0.831. The molecule has 1 amide bonds. The predicted octanol–water partition coefficient (Wildman–Crippen LogP) is 0.943. The molecule has 7 nitrogen and oxygen atoms in total. The maximum atomic E-state index is 11.9. The van der Waals surface area contributed by atoms with E-state index in [0.717, 1.165) is 11.3 Å². The number of carbonyl (C=O) groups excluding carboxylic acids is 1. The van der Waals surface area contributed by atoms with Gasteiger partial charge in [-0.15, -0.1) is 10.2 Å². The van der Waals surface area contributed by atoms with Crippen molar-refractivity contribution in [2.45, 2.75) is 26.7 Å². The van der Waals surface area contributed by atoms with Crippen molar-refractivity contribution in [3.8, 4) is 0 Å². The smallest absolute Gasteiger partial charge is 0.287 e. The first kappa shape index (κ1) is 12.3. The van der Waals surface area contributed by atoms with Gasteiger partial charge in [-0.25, -0.2) is 0 Å². The topological polar surface area (TPSA) is 96.7 Å². The fraction of sp³-hybridized carbons (Fsp3) is 0.455. The second-order valence-corrected chi connectivity index (χ2v) is 4.25. The Kier molecular flexibility index (Phi) is 3.40. The van der Waals surface area contributed by atoms with Gasteiger partial charge in [0.05, 0.1) is 0 Å². The zero-order valence-corrected chi connectivity index (χ0v) is 10.5. The number of amides is 1. The number of aryl methyl sites for hydroxylation is 2. The molecule has 96 valence electrons. The van der Waals surface area contributed by atoms with Crippen LogP contribution in [0.2, 0.25) is 0 Å². The zero-order chi connectivity index (χ0) is 13.1. The first-order valence-electron chi connectivity index (χ1n) is 5.66. The molecule has 2 N–H and O–H groups in total. The number of tetrazole rings is 1. The van der Waals surface area contributed by atoms with Gasteiger partial charge in [-0.3, -0.25) is 4.79 Å². The van der Waals surface area contributed by atoms with E-state index in [1.54, 1.807) is 0 Å². The fourth-order valence-electron chi connectivity index (χ4n) is 1.66. The molecule has 0 aromatic carbocycles. The monoisotopic (exact) mass is 249 g/mol. The van der Waals surface area contributed by atoms with Gasteiger partial charge in [0.15, 0.2) is 11.6 Å². The number of H-pyrrole nitrogens is 1. The normalized spacial score (nSPS) is 12.4. The number of carbonyl (C=O) groups is 1. The zero-order valence-electron chi connectivity index (χ0n) is 10.5. The van der Waals surface area contributed by atoms with Gasteiger partial charge < -0.3 is 9.73 Å². The Hall–Kier alpha value is -2.18. The molecule has 1 unspecified atom stereocenters. The Morgan fingerprint density at radius 2 is 2.33 bits per heavy atom. The highest BCUT2D eigenvalue weighted by molar-refractivity contribution is 5.92. The van der Waals surface area contributed by atoms with Crippen LogP contribution in [0.5, 0.6) is 0 Å². The van der Waals surface area contributed by atoms with E-state index in [-0.39, 0.29) is 11.8 Å². The molecule has 2 rings (SSSR count). The molecule has 0 aliphatic rings. The molecule has 18 heavy (non-hydrogen) atoms. The number of aromatic amines is 1. The van der Waals surface area contributed by atoms with Crippen molar-refractivity contribution < 1.29 is 9.21 Å². The molecule has 1 atom stereocenters. The molecule has 2 aromatic heterocycles. The molecule has 0 saturated carbocycles. The van der Waals surface area contributed by atoms with Crippen LogP contribution in [0.15, 0.2) is 10.5 Å². The summed E-state index contributed by atoms with van der Waals surface area (Å²) in [6.07, 6.45) is 0. The van der Waals surface area contributed by atoms with Crippen LogP contribution in [-0.2, 0) is 0 Å². The number of nitrogens with zero attached hydrogens (tertiary/aromatic N) is 3. The lowest BCUT2D eigenvalue weighted by Crippen LogP contribution is -2.28. The van der Waals surface area contributed by atoms with Gasteiger partial charge in [-0.05, 0) is 19.9 Å². The SMILES string of the molecule is Cc1cc(C)c(C(=O)NCC(C)c2nn[nH]n2)o1. The van der Waals surface area contributed by atoms with Gasteiger partial charge in [0.1, 0.15) is 5.76 Å². The molecule has 0 fully saturated rings. The van der Waals surface area contributed by atoms with Crippen molar-refractivity contribution in [2.24, 2.45) is 0 Å². The Balaban J connectivity index is 1.94. The van der Waals surface area contributed by atoms with Crippen molar-refractivity contribution in [3.05, 3.63) is 29.0 Å². The minimum Gasteiger partial charge on any atom is -0.456 e. The average molecular weight is 249 g/mol. The van der Waals surface area contributed by atoms with Gasteiger partial charge in [0.2, 0.25) is 0 Å². The van der Waals surface area contributed by atoms with E-state index in [9.17, 15) is 4.79 Å². The lowest BCUT2D eigenvalue weighted by Gasteiger charge is -2.07. The van der Waals surface area contributed by atoms with Crippen LogP contribution in [-0.4, -0.2) is 33.1 Å². The van der Waals surface area contributed by atoms with E-state index >= 15 is 0 Å². The summed E-state index contributed by atoms with van der Waals surface area (Å²) in [6, 6.07) is 1.83. The van der Waals surface area contributed by atoms with Gasteiger partial charge >= 0.3 is 0 Å². The summed E-state index contributed by atoms with van der Waals surface area (Å²) >= 11 is 0. The van der Waals surface area contributed by atoms with E-state index < -0.39 is 0 Å². The highest BCUT2D eigenvalue weighted by Crippen LogP contribution is 2.14. The van der Waals surface area contributed by atoms with Crippen LogP contribution in [0.4, 0.5) is 0 Å². The quantitative estimate of drug-likeness (QED) is 0.840. The van der Waals surface area contributed by atoms with Gasteiger partial charge in [-0.2, -0.15) is 5.21 Å². The van der Waals surface area contributed by atoms with Crippen LogP contribution in [0, 0.1) is 13.8 Å². The minimum atomic E-state index is -0.226. The Bertz CT molecular complexity index is 532. The van der Waals surface area contributed by atoms with Crippen molar-refractivity contribution in [1.82, 2.24) is 25.9 Å². The highest BCUT2D eigenvalue weighted by atomic mass is 16.3. The van der Waals surface area contributed by atoms with Crippen molar-refractivity contribution in [3.63, 3.8) is 0 Å². The molecule has 2 heterocycles. The largest absolute Gasteiger partial charge is 0.456 e. The Morgan fingerprint density at radius 3 is 2.89 bits per heavy atom. The van der Waals surface area contributed by atoms with E-state index in [1.807, 2.05) is 26.8 Å². The second kappa shape index (κ2) is 4.99. The lowest BCUT2D eigenvalue weighted by molar-refractivity contribution is 0.0921. The first-order valence-corrected chi connectivity index (χ1v) is 5.66. The average Bonchev–Trinajstić information content (AvgIpc) is 2.95. The fourth-order valence-corrected chi connectivity index (χ4v) is 1.66. The number of aromatic nitrogens is 4. The van der Waals surface area contributed by atoms with E-state index in [0.29, 0.717) is 18.1 Å². The molecule has 0 bridgehead atoms. The van der Waals surface area contributed by atoms with Crippen molar-refractivity contribution >= 4 is 5.91 Å². The number of nitrogens with one attached hydrogen (secondary N) is 2. The van der Waals surface area contributed by atoms with Crippen LogP contribution in [0.25, 0.3) is 0 Å². The Labute approximate surface area is 104 Å². The maximum absolute atomic E-state index is 11.9. The van der Waals surface area contributed by atoms with Crippen LogP contribution < -0.4 is 5.32 Å². The third-order valence-electron chi connectivity index (χ3n) is 2.62. The summed E-state index contributed by atoms with van der Waals surface area (Å²) in [7, 11) is 0. The molecule has 0 spiro atoms. The Morgan fingerprint density at radius 1 is 1.56 bits per heavy atom. The minimum absolute atomic E-state index is 0.0101. The van der Waals surface area contributed by atoms with Gasteiger partial charge in [0.25, 0.3) is 5.91 Å². The lowest BCUT2D eigenvalue weighted by atomic mass is 10.1. The maximum Gasteiger partial charge on any atom is 0.287 e. The van der Waals surface area contributed by atoms with Gasteiger partial charge in [-0.1, -0.05) is 12.1 Å².